The van der Waals surface area contributed by atoms with Gasteiger partial charge in [-0.25, -0.2) is 22.9 Å². The van der Waals surface area contributed by atoms with Gasteiger partial charge >= 0.3 is 12.3 Å². The van der Waals surface area contributed by atoms with Crippen molar-refractivity contribution < 1.29 is 36.2 Å². The number of aromatic nitrogens is 3. The molecule has 1 unspecified atom stereocenters. The van der Waals surface area contributed by atoms with E-state index in [1.807, 2.05) is 0 Å². The molecular formula is C19H16F3N5O5S. The van der Waals surface area contributed by atoms with Crippen molar-refractivity contribution in [2.75, 3.05) is 16.2 Å². The first-order valence-corrected chi connectivity index (χ1v) is 10.8. The molecule has 1 atom stereocenters. The van der Waals surface area contributed by atoms with Gasteiger partial charge in [-0.3, -0.25) is 9.62 Å². The number of amides is 1. The smallest absolute Gasteiger partial charge is 0.416 e. The van der Waals surface area contributed by atoms with E-state index in [1.54, 1.807) is 0 Å². The fraction of sp³-hybridized carbons (Fsp3) is 0.211. The van der Waals surface area contributed by atoms with Crippen molar-refractivity contribution in [2.45, 2.75) is 23.7 Å². The summed E-state index contributed by atoms with van der Waals surface area (Å²) in [5, 5.41) is 15.0. The lowest BCUT2D eigenvalue weighted by Gasteiger charge is -2.35. The third-order valence-electron chi connectivity index (χ3n) is 4.75. The normalized spacial score (nSPS) is 16.1. The van der Waals surface area contributed by atoms with Crippen LogP contribution < -0.4 is 14.4 Å². The number of hydrogen-bond donors (Lipinski definition) is 2. The van der Waals surface area contributed by atoms with Gasteiger partial charge in [0.1, 0.15) is 24.5 Å². The zero-order chi connectivity index (χ0) is 23.8. The molecule has 1 amide bonds. The molecule has 2 aromatic carbocycles. The van der Waals surface area contributed by atoms with Crippen molar-refractivity contribution in [3.63, 3.8) is 0 Å². The minimum atomic E-state index is -4.73. The Labute approximate surface area is 185 Å². The number of sulfonamides is 1. The van der Waals surface area contributed by atoms with Crippen LogP contribution in [0.4, 0.5) is 29.3 Å². The Balaban J connectivity index is 1.78. The number of benzene rings is 2. The highest BCUT2D eigenvalue weighted by molar-refractivity contribution is 7.92. The Morgan fingerprint density at radius 3 is 2.70 bits per heavy atom. The van der Waals surface area contributed by atoms with E-state index in [-0.39, 0.29) is 30.2 Å². The summed E-state index contributed by atoms with van der Waals surface area (Å²) in [6.45, 7) is -0.148. The lowest BCUT2D eigenvalue weighted by molar-refractivity contribution is -0.137. The zero-order valence-electron chi connectivity index (χ0n) is 16.6. The fourth-order valence-corrected chi connectivity index (χ4v) is 4.88. The molecule has 0 aliphatic carbocycles. The number of carboxylic acid groups (broad SMARTS) is 1. The Kier molecular flexibility index (Phi) is 5.61. The van der Waals surface area contributed by atoms with E-state index in [0.29, 0.717) is 6.07 Å². The van der Waals surface area contributed by atoms with Crippen molar-refractivity contribution in [3.8, 4) is 5.75 Å². The first kappa shape index (κ1) is 22.4. The predicted octanol–water partition coefficient (Wildman–Crippen LogP) is 3.04. The quantitative estimate of drug-likeness (QED) is 0.571. The van der Waals surface area contributed by atoms with Crippen LogP contribution in [-0.4, -0.2) is 47.0 Å². The third-order valence-corrected chi connectivity index (χ3v) is 6.52. The Bertz CT molecular complexity index is 1280. The van der Waals surface area contributed by atoms with Gasteiger partial charge in [0.05, 0.1) is 29.2 Å². The number of carbonyl (C=O) groups is 1. The first-order valence-electron chi connectivity index (χ1n) is 9.37. The van der Waals surface area contributed by atoms with Crippen LogP contribution in [0.5, 0.6) is 5.75 Å². The molecule has 1 aromatic heterocycles. The van der Waals surface area contributed by atoms with Gasteiger partial charge in [-0.15, -0.1) is 0 Å². The van der Waals surface area contributed by atoms with Gasteiger partial charge < -0.3 is 9.84 Å². The van der Waals surface area contributed by atoms with Crippen LogP contribution in [0.25, 0.3) is 0 Å². The number of halogens is 3. The highest BCUT2D eigenvalue weighted by atomic mass is 32.2. The monoisotopic (exact) mass is 483 g/mol. The summed E-state index contributed by atoms with van der Waals surface area (Å²) in [5.41, 5.74) is -1.07. The van der Waals surface area contributed by atoms with Gasteiger partial charge in [0.25, 0.3) is 10.0 Å². The number of fused-ring (bicyclic) bond motifs is 1. The second-order valence-electron chi connectivity index (χ2n) is 7.03. The summed E-state index contributed by atoms with van der Waals surface area (Å²) < 4.78 is 74.6. The second-order valence-corrected chi connectivity index (χ2v) is 8.89. The Hall–Kier alpha value is -3.81. The largest absolute Gasteiger partial charge is 0.484 e. The van der Waals surface area contributed by atoms with Crippen LogP contribution in [0.1, 0.15) is 5.56 Å². The maximum Gasteiger partial charge on any atom is 0.416 e. The number of alkyl halides is 3. The summed E-state index contributed by atoms with van der Waals surface area (Å²) in [6.07, 6.45) is -4.16. The number of nitrogens with zero attached hydrogens (tertiary/aromatic N) is 4. The molecule has 1 aliphatic rings. The third kappa shape index (κ3) is 4.69. The lowest BCUT2D eigenvalue weighted by atomic mass is 10.2. The molecule has 0 radical (unpaired) electrons. The fourth-order valence-electron chi connectivity index (χ4n) is 3.33. The van der Waals surface area contributed by atoms with Crippen LogP contribution in [0.15, 0.2) is 60.0 Å². The summed E-state index contributed by atoms with van der Waals surface area (Å²) in [7, 11) is -4.48. The first-order chi connectivity index (χ1) is 15.5. The van der Waals surface area contributed by atoms with E-state index in [2.05, 4.69) is 15.4 Å². The molecule has 174 valence electrons. The molecule has 2 N–H and O–H groups in total. The van der Waals surface area contributed by atoms with Gasteiger partial charge in [-0.05, 0) is 36.4 Å². The van der Waals surface area contributed by atoms with Crippen LogP contribution in [-0.2, 0) is 22.7 Å². The van der Waals surface area contributed by atoms with Crippen molar-refractivity contribution >= 4 is 27.5 Å². The molecule has 0 saturated carbocycles. The van der Waals surface area contributed by atoms with Crippen molar-refractivity contribution in [3.05, 3.63) is 60.7 Å². The minimum absolute atomic E-state index is 0.0199. The molecule has 0 bridgehead atoms. The number of hydrogen-bond acceptors (Lipinski definition) is 6. The molecule has 3 aromatic rings. The van der Waals surface area contributed by atoms with Crippen LogP contribution in [0, 0.1) is 0 Å². The van der Waals surface area contributed by atoms with Gasteiger partial charge in [-0.2, -0.15) is 18.3 Å². The van der Waals surface area contributed by atoms with Gasteiger partial charge in [0.2, 0.25) is 0 Å². The average Bonchev–Trinajstić information content (AvgIpc) is 3.25. The maximum absolute atomic E-state index is 13.4. The van der Waals surface area contributed by atoms with Gasteiger partial charge in [0, 0.05) is 5.69 Å². The van der Waals surface area contributed by atoms with E-state index in [0.717, 1.165) is 22.5 Å². The molecule has 0 saturated heterocycles. The molecule has 0 spiro atoms. The average molecular weight is 483 g/mol. The topological polar surface area (TPSA) is 127 Å². The van der Waals surface area contributed by atoms with E-state index in [1.165, 1.54) is 35.5 Å². The summed E-state index contributed by atoms with van der Waals surface area (Å²) in [5.74, 6) is 0.109. The number of anilines is 2. The van der Waals surface area contributed by atoms with Crippen molar-refractivity contribution in [1.29, 1.82) is 0 Å². The highest BCUT2D eigenvalue weighted by Crippen LogP contribution is 2.40. The van der Waals surface area contributed by atoms with Gasteiger partial charge in [-0.1, -0.05) is 6.07 Å². The number of rotatable bonds is 5. The molecule has 0 fully saturated rings. The Morgan fingerprint density at radius 2 is 2.03 bits per heavy atom. The van der Waals surface area contributed by atoms with E-state index in [9.17, 15) is 26.4 Å². The Morgan fingerprint density at radius 1 is 1.24 bits per heavy atom. The lowest BCUT2D eigenvalue weighted by Crippen LogP contribution is -2.45. The van der Waals surface area contributed by atoms with Crippen LogP contribution in [0.3, 0.4) is 0 Å². The summed E-state index contributed by atoms with van der Waals surface area (Å²) in [4.78, 5) is 14.2. The van der Waals surface area contributed by atoms with E-state index in [4.69, 9.17) is 9.84 Å². The zero-order valence-corrected chi connectivity index (χ0v) is 17.4. The summed E-state index contributed by atoms with van der Waals surface area (Å²) >= 11 is 0. The SMILES string of the molecule is O=C(O)Nc1ccc2c(c1)N(S(=O)(=O)c1cccc(C(F)(F)F)c1)CC(Cn1cncn1)O2. The van der Waals surface area contributed by atoms with Crippen LogP contribution >= 0.6 is 0 Å². The van der Waals surface area contributed by atoms with E-state index >= 15 is 0 Å². The number of nitrogens with one attached hydrogen (secondary N) is 1. The van der Waals surface area contributed by atoms with Crippen molar-refractivity contribution in [2.24, 2.45) is 0 Å². The maximum atomic E-state index is 13.4. The standard InChI is InChI=1S/C19H16F3N5O5S/c20-19(21,22)12-2-1-3-15(6-12)33(30,31)27-9-14(8-26-11-23-10-24-26)32-17-5-4-13(7-16(17)27)25-18(28)29/h1-7,10-11,14,25H,8-9H2,(H,28,29). The molecule has 2 heterocycles. The highest BCUT2D eigenvalue weighted by Gasteiger charge is 2.37. The van der Waals surface area contributed by atoms with E-state index < -0.39 is 38.9 Å². The molecule has 1 aliphatic heterocycles. The van der Waals surface area contributed by atoms with Gasteiger partial charge in [0.15, 0.2) is 0 Å². The van der Waals surface area contributed by atoms with Crippen molar-refractivity contribution in [1.82, 2.24) is 14.8 Å². The molecular weight excluding hydrogens is 467 g/mol. The molecule has 14 heteroatoms. The van der Waals surface area contributed by atoms with Crippen LogP contribution in [0.2, 0.25) is 0 Å². The molecule has 4 rings (SSSR count). The number of ether oxygens (including phenoxy) is 1. The molecule has 33 heavy (non-hydrogen) atoms. The molecule has 10 nitrogen and oxygen atoms in total. The summed E-state index contributed by atoms with van der Waals surface area (Å²) in [6, 6.07) is 7.38. The minimum Gasteiger partial charge on any atom is -0.484 e. The predicted molar refractivity (Wildman–Crippen MR) is 109 cm³/mol. The second kappa shape index (κ2) is 8.27.